The maximum atomic E-state index is 14.0. The molecule has 0 bridgehead atoms. The molecule has 0 radical (unpaired) electrons. The van der Waals surface area contributed by atoms with Gasteiger partial charge in [0.25, 0.3) is 0 Å². The molecule has 136 valence electrons. The first-order valence-electron chi connectivity index (χ1n) is 9.18. The first kappa shape index (κ1) is 16.7. The lowest BCUT2D eigenvalue weighted by molar-refractivity contribution is -0.173. The molecule has 4 aliphatic rings. The summed E-state index contributed by atoms with van der Waals surface area (Å²) in [6.07, 6.45) is 1.95. The van der Waals surface area contributed by atoms with Gasteiger partial charge in [0.2, 0.25) is 0 Å². The molecule has 0 aromatic heterocycles. The van der Waals surface area contributed by atoms with Gasteiger partial charge in [0.05, 0.1) is 18.1 Å². The van der Waals surface area contributed by atoms with Crippen molar-refractivity contribution in [2.45, 2.75) is 63.3 Å². The molecule has 0 aromatic rings. The average molecular weight is 341 g/mol. The summed E-state index contributed by atoms with van der Waals surface area (Å²) in [7, 11) is 0. The molecule has 8 heteroatoms. The van der Waals surface area contributed by atoms with Crippen LogP contribution in [-0.2, 0) is 9.53 Å². The summed E-state index contributed by atoms with van der Waals surface area (Å²) < 4.78 is 19.7. The van der Waals surface area contributed by atoms with Crippen molar-refractivity contribution in [3.8, 4) is 0 Å². The number of fused-ring (bicyclic) bond motifs is 1. The number of ether oxygens (including phenoxy) is 1. The lowest BCUT2D eigenvalue weighted by atomic mass is 9.76. The Morgan fingerprint density at radius 1 is 1.21 bits per heavy atom. The molecule has 0 amide bonds. The molecule has 0 spiro atoms. The fourth-order valence-corrected chi connectivity index (χ4v) is 4.43. The Labute approximate surface area is 142 Å². The number of alkyl halides is 1. The third kappa shape index (κ3) is 3.17. The molecule has 3 heterocycles. The van der Waals surface area contributed by atoms with E-state index in [1.165, 1.54) is 0 Å². The number of carbonyl (C=O) groups is 1. The largest absolute Gasteiger partial charge is 0.445 e. The maximum Gasteiger partial charge on any atom is 0.312 e. The van der Waals surface area contributed by atoms with E-state index in [9.17, 15) is 9.18 Å². The molecule has 7 atom stereocenters. The van der Waals surface area contributed by atoms with E-state index in [0.29, 0.717) is 19.0 Å². The van der Waals surface area contributed by atoms with Crippen LogP contribution in [0.3, 0.4) is 0 Å². The molecule has 1 aliphatic carbocycles. The molecule has 7 nitrogen and oxygen atoms in total. The van der Waals surface area contributed by atoms with E-state index in [1.54, 1.807) is 0 Å². The van der Waals surface area contributed by atoms with Crippen molar-refractivity contribution < 1.29 is 13.9 Å². The molecule has 4 rings (SSSR count). The number of halogens is 1. The zero-order valence-corrected chi connectivity index (χ0v) is 14.1. The summed E-state index contributed by atoms with van der Waals surface area (Å²) in [5.41, 5.74) is 6.64. The molecular weight excluding hydrogens is 313 g/mol. The minimum Gasteiger partial charge on any atom is -0.445 e. The van der Waals surface area contributed by atoms with Crippen LogP contribution < -0.4 is 21.5 Å². The minimum atomic E-state index is -0.838. The zero-order chi connectivity index (χ0) is 16.7. The number of hydrogen-bond donors (Lipinski definition) is 4. The Morgan fingerprint density at radius 3 is 2.79 bits per heavy atom. The van der Waals surface area contributed by atoms with Gasteiger partial charge in [-0.3, -0.25) is 15.0 Å². The van der Waals surface area contributed by atoms with Gasteiger partial charge < -0.3 is 10.1 Å². The number of hydrazine groups is 1. The van der Waals surface area contributed by atoms with Crippen LogP contribution in [0.1, 0.15) is 32.6 Å². The first-order chi connectivity index (χ1) is 11.6. The number of carbonyl (C=O) groups excluding carboxylic acids is 1. The van der Waals surface area contributed by atoms with Gasteiger partial charge in [-0.05, 0) is 31.6 Å². The van der Waals surface area contributed by atoms with Gasteiger partial charge in [0.1, 0.15) is 6.17 Å². The van der Waals surface area contributed by atoms with Crippen molar-refractivity contribution in [3.63, 3.8) is 0 Å². The number of esters is 1. The molecule has 24 heavy (non-hydrogen) atoms. The highest BCUT2D eigenvalue weighted by Crippen LogP contribution is 2.35. The second kappa shape index (κ2) is 6.84. The van der Waals surface area contributed by atoms with E-state index in [2.05, 4.69) is 26.4 Å². The van der Waals surface area contributed by atoms with Gasteiger partial charge in [-0.25, -0.2) is 15.2 Å². The SMILES string of the molecule is CC1CC2C(=O)OC(C3CCC(N4CCNC4)NN3)NC2CC1F. The Bertz CT molecular complexity index is 467. The van der Waals surface area contributed by atoms with Gasteiger partial charge in [-0.2, -0.15) is 0 Å². The second-order valence-electron chi connectivity index (χ2n) is 7.66. The third-order valence-corrected chi connectivity index (χ3v) is 6.02. The summed E-state index contributed by atoms with van der Waals surface area (Å²) >= 11 is 0. The summed E-state index contributed by atoms with van der Waals surface area (Å²) in [5.74, 6) is -0.445. The highest BCUT2D eigenvalue weighted by molar-refractivity contribution is 5.74. The van der Waals surface area contributed by atoms with Crippen LogP contribution in [0.2, 0.25) is 0 Å². The smallest absolute Gasteiger partial charge is 0.312 e. The van der Waals surface area contributed by atoms with Gasteiger partial charge >= 0.3 is 5.97 Å². The van der Waals surface area contributed by atoms with Gasteiger partial charge in [-0.1, -0.05) is 6.92 Å². The zero-order valence-electron chi connectivity index (χ0n) is 14.1. The number of hydrogen-bond acceptors (Lipinski definition) is 7. The molecule has 3 aliphatic heterocycles. The number of rotatable bonds is 2. The maximum absolute atomic E-state index is 14.0. The van der Waals surface area contributed by atoms with E-state index in [4.69, 9.17) is 4.74 Å². The van der Waals surface area contributed by atoms with E-state index in [-0.39, 0.29) is 36.1 Å². The number of cyclic esters (lactones) is 1. The quantitative estimate of drug-likeness (QED) is 0.512. The van der Waals surface area contributed by atoms with Crippen molar-refractivity contribution in [2.75, 3.05) is 19.8 Å². The lowest BCUT2D eigenvalue weighted by Crippen LogP contribution is -2.67. The Balaban J connectivity index is 1.33. The summed E-state index contributed by atoms with van der Waals surface area (Å²) in [4.78, 5) is 14.7. The van der Waals surface area contributed by atoms with Crippen LogP contribution in [0, 0.1) is 11.8 Å². The molecule has 4 fully saturated rings. The van der Waals surface area contributed by atoms with Gasteiger partial charge in [0, 0.05) is 25.8 Å². The predicted molar refractivity (Wildman–Crippen MR) is 86.2 cm³/mol. The van der Waals surface area contributed by atoms with Gasteiger partial charge in [0.15, 0.2) is 6.23 Å². The van der Waals surface area contributed by atoms with Crippen LogP contribution in [0.25, 0.3) is 0 Å². The molecule has 4 N–H and O–H groups in total. The van der Waals surface area contributed by atoms with Crippen molar-refractivity contribution in [1.82, 2.24) is 26.4 Å². The standard InChI is InChI=1S/C16H28FN5O2/c1-9-6-10-13(7-11(9)17)19-15(24-16(10)23)12-2-3-14(21-20-12)22-5-4-18-8-22/h9-15,18-21H,2-8H2,1H3. The van der Waals surface area contributed by atoms with Crippen molar-refractivity contribution in [2.24, 2.45) is 11.8 Å². The summed E-state index contributed by atoms with van der Waals surface area (Å²) in [6.45, 7) is 4.84. The van der Waals surface area contributed by atoms with Crippen molar-refractivity contribution in [3.05, 3.63) is 0 Å². The molecule has 1 saturated carbocycles. The van der Waals surface area contributed by atoms with Crippen LogP contribution in [0.5, 0.6) is 0 Å². The lowest BCUT2D eigenvalue weighted by Gasteiger charge is -2.46. The topological polar surface area (TPSA) is 77.7 Å². The van der Waals surface area contributed by atoms with Crippen molar-refractivity contribution in [1.29, 1.82) is 0 Å². The molecule has 3 saturated heterocycles. The highest BCUT2D eigenvalue weighted by atomic mass is 19.1. The van der Waals surface area contributed by atoms with E-state index < -0.39 is 6.17 Å². The fraction of sp³-hybridized carbons (Fsp3) is 0.938. The van der Waals surface area contributed by atoms with Crippen LogP contribution >= 0.6 is 0 Å². The van der Waals surface area contributed by atoms with Crippen LogP contribution in [-0.4, -0.2) is 61.3 Å². The highest BCUT2D eigenvalue weighted by Gasteiger charge is 2.46. The van der Waals surface area contributed by atoms with Gasteiger partial charge in [-0.15, -0.1) is 0 Å². The third-order valence-electron chi connectivity index (χ3n) is 6.02. The Hall–Kier alpha value is -0.800. The second-order valence-corrected chi connectivity index (χ2v) is 7.66. The predicted octanol–water partition coefficient (Wildman–Crippen LogP) is -0.343. The monoisotopic (exact) mass is 341 g/mol. The summed E-state index contributed by atoms with van der Waals surface area (Å²) in [5, 5.41) is 6.71. The molecule has 7 unspecified atom stereocenters. The fourth-order valence-electron chi connectivity index (χ4n) is 4.43. The Morgan fingerprint density at radius 2 is 2.08 bits per heavy atom. The first-order valence-corrected chi connectivity index (χ1v) is 9.18. The average Bonchev–Trinajstić information content (AvgIpc) is 3.11. The summed E-state index contributed by atoms with van der Waals surface area (Å²) in [6, 6.07) is -0.0936. The normalized spacial score (nSPS) is 47.2. The van der Waals surface area contributed by atoms with E-state index in [1.807, 2.05) is 6.92 Å². The van der Waals surface area contributed by atoms with Crippen molar-refractivity contribution >= 4 is 5.97 Å². The van der Waals surface area contributed by atoms with E-state index >= 15 is 0 Å². The van der Waals surface area contributed by atoms with E-state index in [0.717, 1.165) is 32.6 Å². The number of nitrogens with zero attached hydrogens (tertiary/aromatic N) is 1. The minimum absolute atomic E-state index is 0.0131. The number of nitrogens with one attached hydrogen (secondary N) is 4. The van der Waals surface area contributed by atoms with Crippen LogP contribution in [0.4, 0.5) is 4.39 Å². The van der Waals surface area contributed by atoms with Crippen LogP contribution in [0.15, 0.2) is 0 Å². The Kier molecular flexibility index (Phi) is 4.75. The molecular formula is C16H28FN5O2. The molecule has 0 aromatic carbocycles.